The summed E-state index contributed by atoms with van der Waals surface area (Å²) in [6.45, 7) is 5.61. The van der Waals surface area contributed by atoms with Gasteiger partial charge in [-0.05, 0) is 67.3 Å². The Labute approximate surface area is 151 Å². The van der Waals surface area contributed by atoms with E-state index in [1.54, 1.807) is 13.2 Å². The van der Waals surface area contributed by atoms with Gasteiger partial charge in [0.1, 0.15) is 0 Å². The molecule has 3 fully saturated rings. The molecule has 25 heavy (non-hydrogen) atoms. The number of methoxy groups -OCH3 is 1. The molecule has 4 aliphatic rings. The predicted octanol–water partition coefficient (Wildman–Crippen LogP) is 2.86. The topological polar surface area (TPSA) is 49.8 Å². The van der Waals surface area contributed by atoms with Crippen molar-refractivity contribution in [1.29, 1.82) is 0 Å². The fraction of sp³-hybridized carbons (Fsp3) is 0.857. The third kappa shape index (κ3) is 2.43. The average Bonchev–Trinajstić information content (AvgIpc) is 2.90. The van der Waals surface area contributed by atoms with Crippen LogP contribution in [0.5, 0.6) is 0 Å². The van der Waals surface area contributed by atoms with Gasteiger partial charge >= 0.3 is 0 Å². The Bertz CT molecular complexity index is 590. The number of ether oxygens (including phenoxy) is 1. The minimum atomic E-state index is -0.296. The minimum absolute atomic E-state index is 0.00672. The molecule has 0 aromatic rings. The summed E-state index contributed by atoms with van der Waals surface area (Å²) >= 11 is 0. The molecule has 3 aliphatic carbocycles. The van der Waals surface area contributed by atoms with Crippen molar-refractivity contribution in [3.63, 3.8) is 0 Å². The highest BCUT2D eigenvalue weighted by Gasteiger charge is 2.61. The van der Waals surface area contributed by atoms with Gasteiger partial charge in [0, 0.05) is 32.2 Å². The Morgan fingerprint density at radius 3 is 2.80 bits per heavy atom. The highest BCUT2D eigenvalue weighted by Crippen LogP contribution is 2.64. The zero-order chi connectivity index (χ0) is 18.0. The molecule has 1 N–H and O–H groups in total. The van der Waals surface area contributed by atoms with Crippen LogP contribution in [0, 0.1) is 34.5 Å². The molecule has 0 aromatic carbocycles. The zero-order valence-electron chi connectivity index (χ0n) is 16.1. The molecule has 0 bridgehead atoms. The lowest BCUT2D eigenvalue weighted by Crippen LogP contribution is -2.63. The highest BCUT2D eigenvalue weighted by atomic mass is 16.5. The summed E-state index contributed by atoms with van der Waals surface area (Å²) in [4.78, 5) is 14.0. The maximum absolute atomic E-state index is 12.1. The van der Waals surface area contributed by atoms with Crippen LogP contribution in [-0.2, 0) is 9.53 Å². The van der Waals surface area contributed by atoms with Crippen molar-refractivity contribution in [3.05, 3.63) is 12.2 Å². The number of hydrogen-bond acceptors (Lipinski definition) is 3. The predicted molar refractivity (Wildman–Crippen MR) is 96.8 cm³/mol. The number of carbonyl (C=O) groups is 1. The van der Waals surface area contributed by atoms with E-state index in [1.165, 1.54) is 19.3 Å². The van der Waals surface area contributed by atoms with Crippen LogP contribution < -0.4 is 0 Å². The lowest BCUT2D eigenvalue weighted by molar-refractivity contribution is -0.154. The van der Waals surface area contributed by atoms with Crippen molar-refractivity contribution in [3.8, 4) is 0 Å². The maximum atomic E-state index is 12.1. The fourth-order valence-corrected chi connectivity index (χ4v) is 7.25. The SMILES string of the molecule is COCC1C[C@H]2[C@@H]3C(O)CC4N(C)C(=O)C=C[C@]4(C)[C@@H]3CC[C@]2(C)C1. The van der Waals surface area contributed by atoms with Crippen LogP contribution in [0.4, 0.5) is 0 Å². The van der Waals surface area contributed by atoms with Gasteiger partial charge in [-0.1, -0.05) is 19.9 Å². The first kappa shape index (κ1) is 17.5. The van der Waals surface area contributed by atoms with Gasteiger partial charge in [-0.2, -0.15) is 0 Å². The summed E-state index contributed by atoms with van der Waals surface area (Å²) in [6, 6.07) is 0.127. The van der Waals surface area contributed by atoms with Crippen LogP contribution >= 0.6 is 0 Å². The molecule has 140 valence electrons. The Kier molecular flexibility index (Phi) is 4.08. The van der Waals surface area contributed by atoms with Gasteiger partial charge < -0.3 is 14.7 Å². The number of likely N-dealkylation sites (N-methyl/N-ethyl adjacent to an activating group) is 1. The fourth-order valence-electron chi connectivity index (χ4n) is 7.25. The average molecular weight is 347 g/mol. The van der Waals surface area contributed by atoms with Gasteiger partial charge in [-0.15, -0.1) is 0 Å². The van der Waals surface area contributed by atoms with Crippen LogP contribution in [0.3, 0.4) is 0 Å². The first-order valence-corrected chi connectivity index (χ1v) is 9.93. The molecule has 0 spiro atoms. The lowest BCUT2D eigenvalue weighted by atomic mass is 9.48. The molecule has 0 radical (unpaired) electrons. The van der Waals surface area contributed by atoms with E-state index in [4.69, 9.17) is 4.74 Å². The Morgan fingerprint density at radius 1 is 1.32 bits per heavy atom. The summed E-state index contributed by atoms with van der Waals surface area (Å²) in [6.07, 6.45) is 9.17. The second-order valence-electron chi connectivity index (χ2n) is 9.71. The van der Waals surface area contributed by atoms with Crippen molar-refractivity contribution in [2.24, 2.45) is 34.5 Å². The van der Waals surface area contributed by atoms with E-state index < -0.39 is 0 Å². The number of hydrogen-bond donors (Lipinski definition) is 1. The third-order valence-corrected chi connectivity index (χ3v) is 8.42. The zero-order valence-corrected chi connectivity index (χ0v) is 16.1. The molecule has 4 heteroatoms. The van der Waals surface area contributed by atoms with Crippen molar-refractivity contribution >= 4 is 5.91 Å². The van der Waals surface area contributed by atoms with Crippen molar-refractivity contribution in [1.82, 2.24) is 4.90 Å². The van der Waals surface area contributed by atoms with E-state index in [9.17, 15) is 9.90 Å². The summed E-state index contributed by atoms with van der Waals surface area (Å²) in [5.74, 6) is 2.11. The van der Waals surface area contributed by atoms with E-state index in [0.717, 1.165) is 13.0 Å². The molecule has 4 nitrogen and oxygen atoms in total. The van der Waals surface area contributed by atoms with E-state index in [0.29, 0.717) is 35.5 Å². The van der Waals surface area contributed by atoms with Crippen LogP contribution in [0.15, 0.2) is 12.2 Å². The first-order chi connectivity index (χ1) is 11.8. The summed E-state index contributed by atoms with van der Waals surface area (Å²) in [7, 11) is 3.70. The van der Waals surface area contributed by atoms with E-state index >= 15 is 0 Å². The Balaban J connectivity index is 1.68. The minimum Gasteiger partial charge on any atom is -0.393 e. The first-order valence-electron chi connectivity index (χ1n) is 9.93. The van der Waals surface area contributed by atoms with E-state index in [2.05, 4.69) is 19.9 Å². The van der Waals surface area contributed by atoms with Crippen molar-refractivity contribution < 1.29 is 14.6 Å². The normalized spacial score (nSPS) is 51.9. The molecule has 4 rings (SSSR count). The Morgan fingerprint density at radius 2 is 2.08 bits per heavy atom. The van der Waals surface area contributed by atoms with Gasteiger partial charge in [-0.25, -0.2) is 0 Å². The maximum Gasteiger partial charge on any atom is 0.246 e. The highest BCUT2D eigenvalue weighted by molar-refractivity contribution is 5.89. The number of aliphatic hydroxyl groups is 1. The van der Waals surface area contributed by atoms with Crippen molar-refractivity contribution in [2.45, 2.75) is 58.1 Å². The van der Waals surface area contributed by atoms with Gasteiger partial charge in [0.25, 0.3) is 0 Å². The number of rotatable bonds is 2. The number of carbonyl (C=O) groups excluding carboxylic acids is 1. The third-order valence-electron chi connectivity index (χ3n) is 8.42. The monoisotopic (exact) mass is 347 g/mol. The Hall–Kier alpha value is -0.870. The number of amides is 1. The molecular weight excluding hydrogens is 314 g/mol. The van der Waals surface area contributed by atoms with Crippen LogP contribution in [0.2, 0.25) is 0 Å². The molecule has 1 amide bonds. The summed E-state index contributed by atoms with van der Waals surface area (Å²) < 4.78 is 5.45. The molecule has 8 atom stereocenters. The summed E-state index contributed by atoms with van der Waals surface area (Å²) in [5, 5.41) is 11.1. The summed E-state index contributed by atoms with van der Waals surface area (Å²) in [5.41, 5.74) is 0.335. The molecule has 0 saturated heterocycles. The standard InChI is InChI=1S/C21H33NO3/c1-20-7-5-14-19(15(20)9-13(11-20)12-25-4)16(23)10-17-21(14,2)8-6-18(24)22(17)3/h6,8,13-17,19,23H,5,7,9-12H2,1-4H3/t13?,14-,15+,16?,17?,19-,20-,21-/m1/s1. The van der Waals surface area contributed by atoms with Crippen molar-refractivity contribution in [2.75, 3.05) is 20.8 Å². The van der Waals surface area contributed by atoms with Gasteiger partial charge in [0.05, 0.1) is 6.10 Å². The van der Waals surface area contributed by atoms with Gasteiger partial charge in [-0.3, -0.25) is 4.79 Å². The lowest BCUT2D eigenvalue weighted by Gasteiger charge is -2.61. The van der Waals surface area contributed by atoms with Gasteiger partial charge in [0.2, 0.25) is 5.91 Å². The van der Waals surface area contributed by atoms with E-state index in [-0.39, 0.29) is 23.5 Å². The molecule has 1 aliphatic heterocycles. The number of aliphatic hydroxyl groups excluding tert-OH is 1. The second kappa shape index (κ2) is 5.82. The van der Waals surface area contributed by atoms with Crippen LogP contribution in [-0.4, -0.2) is 48.8 Å². The smallest absolute Gasteiger partial charge is 0.246 e. The molecule has 3 unspecified atom stereocenters. The largest absolute Gasteiger partial charge is 0.393 e. The molecule has 1 heterocycles. The van der Waals surface area contributed by atoms with E-state index in [1.807, 2.05) is 11.9 Å². The number of nitrogens with zero attached hydrogens (tertiary/aromatic N) is 1. The van der Waals surface area contributed by atoms with Crippen LogP contribution in [0.25, 0.3) is 0 Å². The molecule has 3 saturated carbocycles. The molecular formula is C21H33NO3. The molecule has 0 aromatic heterocycles. The van der Waals surface area contributed by atoms with Crippen LogP contribution in [0.1, 0.15) is 46.0 Å². The van der Waals surface area contributed by atoms with Gasteiger partial charge in [0.15, 0.2) is 0 Å². The number of fused-ring (bicyclic) bond motifs is 5. The second-order valence-corrected chi connectivity index (χ2v) is 9.71. The quantitative estimate of drug-likeness (QED) is 0.836.